The zero-order chi connectivity index (χ0) is 11.0. The fourth-order valence-electron chi connectivity index (χ4n) is 1.72. The zero-order valence-corrected chi connectivity index (χ0v) is 8.96. The molecule has 15 heavy (non-hydrogen) atoms. The molecule has 0 unspecified atom stereocenters. The number of H-pyrrole nitrogens is 1. The van der Waals surface area contributed by atoms with Gasteiger partial charge in [-0.15, -0.1) is 0 Å². The summed E-state index contributed by atoms with van der Waals surface area (Å²) in [6.45, 7) is 3.93. The van der Waals surface area contributed by atoms with Crippen molar-refractivity contribution < 1.29 is 0 Å². The van der Waals surface area contributed by atoms with Crippen molar-refractivity contribution in [3.05, 3.63) is 21.7 Å². The van der Waals surface area contributed by atoms with E-state index in [1.54, 1.807) is 7.05 Å². The topological polar surface area (TPSA) is 75.1 Å². The fourth-order valence-corrected chi connectivity index (χ4v) is 1.72. The van der Waals surface area contributed by atoms with E-state index in [2.05, 4.69) is 20.5 Å². The molecule has 6 heteroatoms. The first-order valence-electron chi connectivity index (χ1n) is 4.83. The van der Waals surface area contributed by atoms with Crippen molar-refractivity contribution in [3.63, 3.8) is 0 Å². The Hall–Kier alpha value is -1.85. The van der Waals surface area contributed by atoms with E-state index < -0.39 is 0 Å². The minimum Gasteiger partial charge on any atom is -0.358 e. The van der Waals surface area contributed by atoms with E-state index >= 15 is 0 Å². The lowest BCUT2D eigenvalue weighted by Crippen LogP contribution is -2.16. The molecule has 2 N–H and O–H groups in total. The van der Waals surface area contributed by atoms with Crippen LogP contribution in [-0.2, 0) is 6.42 Å². The van der Waals surface area contributed by atoms with Crippen molar-refractivity contribution in [2.24, 2.45) is 0 Å². The number of anilines is 1. The van der Waals surface area contributed by atoms with Crippen molar-refractivity contribution in [3.8, 4) is 0 Å². The zero-order valence-electron chi connectivity index (χ0n) is 8.96. The average Bonchev–Trinajstić information content (AvgIpc) is 2.60. The van der Waals surface area contributed by atoms with Gasteiger partial charge in [0, 0.05) is 18.3 Å². The van der Waals surface area contributed by atoms with Gasteiger partial charge in [-0.1, -0.05) is 6.92 Å². The highest BCUT2D eigenvalue weighted by molar-refractivity contribution is 5.53. The summed E-state index contributed by atoms with van der Waals surface area (Å²) in [6.07, 6.45) is 0.802. The number of aryl methyl sites for hydroxylation is 2. The van der Waals surface area contributed by atoms with Gasteiger partial charge < -0.3 is 5.32 Å². The van der Waals surface area contributed by atoms with Crippen LogP contribution in [0.2, 0.25) is 0 Å². The highest BCUT2D eigenvalue weighted by atomic mass is 16.1. The number of fused-ring (bicyclic) bond motifs is 1. The Labute approximate surface area is 86.3 Å². The Morgan fingerprint density at radius 3 is 2.87 bits per heavy atom. The molecule has 0 radical (unpaired) electrons. The van der Waals surface area contributed by atoms with Crippen LogP contribution in [0.25, 0.3) is 5.65 Å². The molecule has 0 spiro atoms. The molecule has 0 amide bonds. The number of nitrogens with one attached hydrogen (secondary N) is 2. The van der Waals surface area contributed by atoms with E-state index in [-0.39, 0.29) is 5.69 Å². The lowest BCUT2D eigenvalue weighted by Gasteiger charge is -2.07. The summed E-state index contributed by atoms with van der Waals surface area (Å²) in [5.41, 5.74) is 2.27. The van der Waals surface area contributed by atoms with Gasteiger partial charge in [0.25, 0.3) is 0 Å². The summed E-state index contributed by atoms with van der Waals surface area (Å²) in [6, 6.07) is 0. The molecule has 2 rings (SSSR count). The number of aromatic nitrogens is 4. The van der Waals surface area contributed by atoms with Crippen LogP contribution in [0.4, 0.5) is 5.95 Å². The van der Waals surface area contributed by atoms with Gasteiger partial charge >= 0.3 is 5.69 Å². The van der Waals surface area contributed by atoms with Crippen LogP contribution in [0.5, 0.6) is 0 Å². The van der Waals surface area contributed by atoms with Crippen LogP contribution in [0.1, 0.15) is 18.2 Å². The maximum absolute atomic E-state index is 11.5. The van der Waals surface area contributed by atoms with Crippen molar-refractivity contribution in [2.75, 3.05) is 12.4 Å². The second kappa shape index (κ2) is 3.38. The van der Waals surface area contributed by atoms with Crippen LogP contribution in [0.15, 0.2) is 4.79 Å². The Morgan fingerprint density at radius 2 is 2.27 bits per heavy atom. The molecule has 0 aliphatic carbocycles. The van der Waals surface area contributed by atoms with Gasteiger partial charge in [0.05, 0.1) is 0 Å². The number of rotatable bonds is 2. The fraction of sp³-hybridized carbons (Fsp3) is 0.444. The van der Waals surface area contributed by atoms with E-state index in [0.717, 1.165) is 17.7 Å². The third-order valence-electron chi connectivity index (χ3n) is 2.44. The molecular formula is C9H13N5O. The summed E-state index contributed by atoms with van der Waals surface area (Å²) < 4.78 is 1.45. The van der Waals surface area contributed by atoms with Crippen LogP contribution in [0.3, 0.4) is 0 Å². The highest BCUT2D eigenvalue weighted by Crippen LogP contribution is 2.14. The quantitative estimate of drug-likeness (QED) is 0.744. The molecule has 0 fully saturated rings. The Morgan fingerprint density at radius 1 is 1.53 bits per heavy atom. The molecule has 0 bridgehead atoms. The standard InChI is InChI=1S/C9H13N5O/c1-4-6-5(2)11-8(10-3)14-7(6)12-13-9(14)15/h4H2,1-3H3,(H,10,11)(H,13,15). The second-order valence-electron chi connectivity index (χ2n) is 3.29. The Balaban J connectivity index is 2.94. The average molecular weight is 207 g/mol. The smallest absolute Gasteiger partial charge is 0.350 e. The molecule has 0 saturated carbocycles. The van der Waals surface area contributed by atoms with E-state index in [0.29, 0.717) is 11.6 Å². The molecule has 0 atom stereocenters. The van der Waals surface area contributed by atoms with Gasteiger partial charge in [0.2, 0.25) is 5.95 Å². The van der Waals surface area contributed by atoms with Crippen LogP contribution >= 0.6 is 0 Å². The molecule has 6 nitrogen and oxygen atoms in total. The summed E-state index contributed by atoms with van der Waals surface area (Å²) in [5.74, 6) is 0.512. The monoisotopic (exact) mass is 207 g/mol. The Bertz CT molecular complexity index is 553. The molecule has 2 aromatic rings. The van der Waals surface area contributed by atoms with Crippen LogP contribution in [-0.4, -0.2) is 26.6 Å². The van der Waals surface area contributed by atoms with Gasteiger partial charge in [-0.3, -0.25) is 0 Å². The SMILES string of the molecule is CCc1c(C)nc(NC)n2c(=O)[nH]nc12. The van der Waals surface area contributed by atoms with Crippen molar-refractivity contribution >= 4 is 11.6 Å². The maximum atomic E-state index is 11.5. The molecule has 0 aliphatic heterocycles. The molecule has 80 valence electrons. The Kier molecular flexibility index (Phi) is 2.18. The maximum Gasteiger partial charge on any atom is 0.350 e. The van der Waals surface area contributed by atoms with Crippen LogP contribution < -0.4 is 11.0 Å². The number of aromatic amines is 1. The second-order valence-corrected chi connectivity index (χ2v) is 3.29. The van der Waals surface area contributed by atoms with Crippen molar-refractivity contribution in [1.82, 2.24) is 19.6 Å². The number of hydrogen-bond acceptors (Lipinski definition) is 4. The van der Waals surface area contributed by atoms with E-state index in [1.807, 2.05) is 13.8 Å². The van der Waals surface area contributed by atoms with Gasteiger partial charge in [0.15, 0.2) is 5.65 Å². The van der Waals surface area contributed by atoms with Crippen molar-refractivity contribution in [2.45, 2.75) is 20.3 Å². The first-order chi connectivity index (χ1) is 7.19. The van der Waals surface area contributed by atoms with Crippen molar-refractivity contribution in [1.29, 1.82) is 0 Å². The van der Waals surface area contributed by atoms with Gasteiger partial charge in [-0.25, -0.2) is 19.3 Å². The molecule has 0 aromatic carbocycles. The highest BCUT2D eigenvalue weighted by Gasteiger charge is 2.12. The summed E-state index contributed by atoms with van der Waals surface area (Å²) >= 11 is 0. The minimum absolute atomic E-state index is 0.267. The van der Waals surface area contributed by atoms with Gasteiger partial charge in [0.1, 0.15) is 0 Å². The summed E-state index contributed by atoms with van der Waals surface area (Å²) in [7, 11) is 1.73. The first-order valence-corrected chi connectivity index (χ1v) is 4.83. The lowest BCUT2D eigenvalue weighted by atomic mass is 10.2. The van der Waals surface area contributed by atoms with Crippen LogP contribution in [0, 0.1) is 6.92 Å². The van der Waals surface area contributed by atoms with E-state index in [1.165, 1.54) is 4.40 Å². The van der Waals surface area contributed by atoms with Gasteiger partial charge in [-0.05, 0) is 13.3 Å². The summed E-state index contributed by atoms with van der Waals surface area (Å²) in [5, 5.41) is 9.32. The molecule has 0 aliphatic rings. The largest absolute Gasteiger partial charge is 0.358 e. The molecular weight excluding hydrogens is 194 g/mol. The lowest BCUT2D eigenvalue weighted by molar-refractivity contribution is 0.957. The molecule has 0 saturated heterocycles. The number of nitrogens with zero attached hydrogens (tertiary/aromatic N) is 3. The molecule has 2 aromatic heterocycles. The third kappa shape index (κ3) is 1.29. The third-order valence-corrected chi connectivity index (χ3v) is 2.44. The molecule has 2 heterocycles. The number of hydrogen-bond donors (Lipinski definition) is 2. The predicted octanol–water partition coefficient (Wildman–Crippen LogP) is 0.330. The first kappa shape index (κ1) is 9.70. The minimum atomic E-state index is -0.267. The van der Waals surface area contributed by atoms with Gasteiger partial charge in [-0.2, -0.15) is 5.10 Å². The van der Waals surface area contributed by atoms with E-state index in [4.69, 9.17) is 0 Å². The van der Waals surface area contributed by atoms with E-state index in [9.17, 15) is 4.79 Å². The normalized spacial score (nSPS) is 10.9. The summed E-state index contributed by atoms with van der Waals surface area (Å²) in [4.78, 5) is 15.8. The predicted molar refractivity (Wildman–Crippen MR) is 57.3 cm³/mol.